The van der Waals surface area contributed by atoms with Crippen LogP contribution in [0.5, 0.6) is 0 Å². The minimum absolute atomic E-state index is 0.0280. The summed E-state index contributed by atoms with van der Waals surface area (Å²) in [6.45, 7) is 6.33. The molecule has 10 nitrogen and oxygen atoms in total. The fourth-order valence-electron chi connectivity index (χ4n) is 2.67. The van der Waals surface area contributed by atoms with Crippen molar-refractivity contribution in [3.8, 4) is 0 Å². The zero-order valence-electron chi connectivity index (χ0n) is 15.4. The van der Waals surface area contributed by atoms with E-state index in [4.69, 9.17) is 4.74 Å². The number of hydrogen-bond donors (Lipinski definition) is 3. The quantitative estimate of drug-likeness (QED) is 0.208. The first-order chi connectivity index (χ1) is 12.1. The van der Waals surface area contributed by atoms with Crippen molar-refractivity contribution >= 4 is 17.9 Å². The van der Waals surface area contributed by atoms with Crippen LogP contribution in [0.1, 0.15) is 34.1 Å². The number of nitrogens with zero attached hydrogens (tertiary/aromatic N) is 1. The number of hydrogen-bond acceptors (Lipinski definition) is 6. The van der Waals surface area contributed by atoms with E-state index in [0.29, 0.717) is 5.57 Å². The molecule has 0 fully saturated rings. The van der Waals surface area contributed by atoms with Crippen LogP contribution >= 0.6 is 0 Å². The average Bonchev–Trinajstić information content (AvgIpc) is 2.51. The average molecular weight is 368 g/mol. The van der Waals surface area contributed by atoms with E-state index < -0.39 is 34.4 Å². The molecule has 26 heavy (non-hydrogen) atoms. The summed E-state index contributed by atoms with van der Waals surface area (Å²) in [6, 6.07) is -0.815. The van der Waals surface area contributed by atoms with Crippen LogP contribution in [0.15, 0.2) is 23.4 Å². The Kier molecular flexibility index (Phi) is 6.87. The van der Waals surface area contributed by atoms with Crippen molar-refractivity contribution in [2.24, 2.45) is 5.92 Å². The van der Waals surface area contributed by atoms with Gasteiger partial charge in [-0.25, -0.2) is 4.79 Å². The van der Waals surface area contributed by atoms with Gasteiger partial charge in [-0.05, 0) is 25.8 Å². The molecule has 0 heterocycles. The van der Waals surface area contributed by atoms with Crippen molar-refractivity contribution < 1.29 is 24.0 Å². The molecule has 1 aliphatic carbocycles. The Hall–Kier alpha value is -2.91. The van der Waals surface area contributed by atoms with Crippen LogP contribution in [0.3, 0.4) is 0 Å². The SMILES string of the molecule is CCC1=CC(NC(C)=O)([N+](=O)[O-])C=C(NC(=O)NC(C)C)C1C(=O)OC. The van der Waals surface area contributed by atoms with E-state index in [1.165, 1.54) is 13.2 Å². The largest absolute Gasteiger partial charge is 0.468 e. The number of rotatable bonds is 6. The molecule has 2 atom stereocenters. The van der Waals surface area contributed by atoms with Gasteiger partial charge in [-0.15, -0.1) is 0 Å². The van der Waals surface area contributed by atoms with E-state index >= 15 is 0 Å². The Bertz CT molecular complexity index is 670. The maximum absolute atomic E-state index is 12.2. The van der Waals surface area contributed by atoms with Crippen LogP contribution in [0.4, 0.5) is 4.79 Å². The molecule has 0 saturated heterocycles. The summed E-state index contributed by atoms with van der Waals surface area (Å²) in [4.78, 5) is 46.8. The Morgan fingerprint density at radius 2 is 1.96 bits per heavy atom. The predicted octanol–water partition coefficient (Wildman–Crippen LogP) is 0.826. The van der Waals surface area contributed by atoms with Crippen molar-refractivity contribution in [3.63, 3.8) is 0 Å². The lowest BCUT2D eigenvalue weighted by atomic mass is 9.84. The highest BCUT2D eigenvalue weighted by molar-refractivity contribution is 5.84. The Balaban J connectivity index is 3.46. The standard InChI is InChI=1S/C16H24N4O6/c1-6-11-7-16(20(24)25,19-10(4)21)8-12(13(11)14(22)26-5)18-15(23)17-9(2)3/h7-9,13H,6H2,1-5H3,(H,19,21)(H2,17,18,23). The summed E-state index contributed by atoms with van der Waals surface area (Å²) in [7, 11) is 1.19. The number of methoxy groups -OCH3 is 1. The molecule has 0 aromatic carbocycles. The smallest absolute Gasteiger partial charge is 0.336 e. The van der Waals surface area contributed by atoms with Crippen molar-refractivity contribution in [3.05, 3.63) is 33.5 Å². The van der Waals surface area contributed by atoms with Crippen LogP contribution in [0.25, 0.3) is 0 Å². The summed E-state index contributed by atoms with van der Waals surface area (Å²) < 4.78 is 4.77. The third-order valence-corrected chi connectivity index (χ3v) is 3.66. The zero-order chi connectivity index (χ0) is 20.1. The molecule has 1 rings (SSSR count). The molecule has 0 saturated carbocycles. The Labute approximate surface area is 151 Å². The lowest BCUT2D eigenvalue weighted by Crippen LogP contribution is -2.55. The van der Waals surface area contributed by atoms with Gasteiger partial charge in [-0.1, -0.05) is 6.92 Å². The molecule has 1 aliphatic rings. The van der Waals surface area contributed by atoms with Crippen LogP contribution in [0, 0.1) is 16.0 Å². The first kappa shape index (κ1) is 21.1. The van der Waals surface area contributed by atoms with Crippen molar-refractivity contribution in [1.29, 1.82) is 0 Å². The second-order valence-corrected chi connectivity index (χ2v) is 6.15. The van der Waals surface area contributed by atoms with E-state index in [1.807, 2.05) is 0 Å². The van der Waals surface area contributed by atoms with E-state index in [1.54, 1.807) is 20.8 Å². The van der Waals surface area contributed by atoms with Gasteiger partial charge in [0.2, 0.25) is 5.91 Å². The fraction of sp³-hybridized carbons (Fsp3) is 0.562. The molecule has 0 aromatic rings. The van der Waals surface area contributed by atoms with Crippen molar-refractivity contribution in [1.82, 2.24) is 16.0 Å². The number of ether oxygens (including phenoxy) is 1. The summed E-state index contributed by atoms with van der Waals surface area (Å²) >= 11 is 0. The van der Waals surface area contributed by atoms with Gasteiger partial charge in [0.1, 0.15) is 5.92 Å². The molecule has 10 heteroatoms. The molecular weight excluding hydrogens is 344 g/mol. The van der Waals surface area contributed by atoms with Crippen LogP contribution in [-0.2, 0) is 14.3 Å². The number of nitrogens with one attached hydrogen (secondary N) is 3. The van der Waals surface area contributed by atoms with Crippen LogP contribution < -0.4 is 16.0 Å². The molecule has 144 valence electrons. The number of amides is 3. The first-order valence-corrected chi connectivity index (χ1v) is 8.09. The summed E-state index contributed by atoms with van der Waals surface area (Å²) in [5.74, 6) is -2.31. The van der Waals surface area contributed by atoms with Gasteiger partial charge >= 0.3 is 17.7 Å². The van der Waals surface area contributed by atoms with Crippen molar-refractivity contribution in [2.45, 2.75) is 45.8 Å². The molecule has 0 aromatic heterocycles. The number of carbonyl (C=O) groups is 3. The Morgan fingerprint density at radius 1 is 1.35 bits per heavy atom. The molecule has 0 spiro atoms. The highest BCUT2D eigenvalue weighted by atomic mass is 16.6. The number of carbonyl (C=O) groups excluding carboxylic acids is 3. The molecule has 0 aliphatic heterocycles. The lowest BCUT2D eigenvalue weighted by Gasteiger charge is -2.31. The third kappa shape index (κ3) is 4.80. The van der Waals surface area contributed by atoms with Crippen LogP contribution in [-0.4, -0.2) is 41.6 Å². The molecule has 0 bridgehead atoms. The predicted molar refractivity (Wildman–Crippen MR) is 92.3 cm³/mol. The topological polar surface area (TPSA) is 140 Å². The monoisotopic (exact) mass is 368 g/mol. The highest BCUT2D eigenvalue weighted by Crippen LogP contribution is 2.33. The minimum Gasteiger partial charge on any atom is -0.468 e. The zero-order valence-corrected chi connectivity index (χ0v) is 15.4. The van der Waals surface area contributed by atoms with E-state index in [9.17, 15) is 24.5 Å². The van der Waals surface area contributed by atoms with Crippen LogP contribution in [0.2, 0.25) is 0 Å². The molecule has 2 unspecified atom stereocenters. The van der Waals surface area contributed by atoms with E-state index in [0.717, 1.165) is 13.0 Å². The second-order valence-electron chi connectivity index (χ2n) is 6.15. The van der Waals surface area contributed by atoms with E-state index in [2.05, 4.69) is 16.0 Å². The maximum Gasteiger partial charge on any atom is 0.336 e. The summed E-state index contributed by atoms with van der Waals surface area (Å²) in [5.41, 5.74) is -1.74. The number of nitro groups is 1. The van der Waals surface area contributed by atoms with Gasteiger partial charge in [0.05, 0.1) is 12.0 Å². The molecule has 0 radical (unpaired) electrons. The minimum atomic E-state index is -2.07. The van der Waals surface area contributed by atoms with Gasteiger partial charge in [0.25, 0.3) is 0 Å². The molecule has 3 amide bonds. The maximum atomic E-state index is 12.2. The molecule has 3 N–H and O–H groups in total. The third-order valence-electron chi connectivity index (χ3n) is 3.66. The normalized spacial score (nSPS) is 22.0. The van der Waals surface area contributed by atoms with E-state index in [-0.39, 0.29) is 18.2 Å². The second kappa shape index (κ2) is 8.45. The van der Waals surface area contributed by atoms with Crippen molar-refractivity contribution in [2.75, 3.05) is 7.11 Å². The first-order valence-electron chi connectivity index (χ1n) is 8.09. The number of urea groups is 1. The van der Waals surface area contributed by atoms with Gasteiger partial charge < -0.3 is 15.4 Å². The lowest BCUT2D eigenvalue weighted by molar-refractivity contribution is -0.546. The van der Waals surface area contributed by atoms with Gasteiger partial charge in [0, 0.05) is 30.8 Å². The molecular formula is C16H24N4O6. The summed E-state index contributed by atoms with van der Waals surface area (Å²) in [5, 5.41) is 19.0. The van der Waals surface area contributed by atoms with Gasteiger partial charge in [0.15, 0.2) is 0 Å². The Morgan fingerprint density at radius 3 is 2.38 bits per heavy atom. The summed E-state index contributed by atoms with van der Waals surface area (Å²) in [6.07, 6.45) is 2.54. The fourth-order valence-corrected chi connectivity index (χ4v) is 2.67. The van der Waals surface area contributed by atoms with Gasteiger partial charge in [-0.2, -0.15) is 0 Å². The number of esters is 1. The highest BCUT2D eigenvalue weighted by Gasteiger charge is 2.47. The van der Waals surface area contributed by atoms with Gasteiger partial charge in [-0.3, -0.25) is 25.0 Å².